The second-order valence-electron chi connectivity index (χ2n) is 11.8. The van der Waals surface area contributed by atoms with Gasteiger partial charge in [0.15, 0.2) is 0 Å². The first-order valence-electron chi connectivity index (χ1n) is 14.3. The summed E-state index contributed by atoms with van der Waals surface area (Å²) in [5.41, 5.74) is 9.51. The summed E-state index contributed by atoms with van der Waals surface area (Å²) in [5, 5.41) is 0. The van der Waals surface area contributed by atoms with E-state index in [2.05, 4.69) is 167 Å². The van der Waals surface area contributed by atoms with Crippen LogP contribution in [-0.4, -0.2) is 18.3 Å². The third kappa shape index (κ3) is 5.46. The highest BCUT2D eigenvalue weighted by Crippen LogP contribution is 2.39. The molecule has 0 atom stereocenters. The van der Waals surface area contributed by atoms with Crippen molar-refractivity contribution in [1.29, 1.82) is 0 Å². The third-order valence-corrected chi connectivity index (χ3v) is 8.37. The summed E-state index contributed by atoms with van der Waals surface area (Å²) in [7, 11) is -0.393. The van der Waals surface area contributed by atoms with Crippen molar-refractivity contribution in [3.8, 4) is 22.3 Å². The van der Waals surface area contributed by atoms with E-state index < -0.39 is 7.12 Å². The summed E-state index contributed by atoms with van der Waals surface area (Å²) in [6.45, 7) is 10.5. The predicted molar refractivity (Wildman–Crippen MR) is 172 cm³/mol. The topological polar surface area (TPSA) is 21.7 Å². The number of aryl methyl sites for hydroxylation is 1. The van der Waals surface area contributed by atoms with Gasteiger partial charge < -0.3 is 14.2 Å². The SMILES string of the molecule is Cc1ccc(N(c2ccc(-c3ccccc3)cc2)c2cccc(-c3cccc(B4OC(C)(C)C(C)(C)O4)c3)c2)cc1. The normalized spacial score (nSPS) is 15.6. The van der Waals surface area contributed by atoms with Crippen molar-refractivity contribution in [2.24, 2.45) is 0 Å². The average molecular weight is 538 g/mol. The Labute approximate surface area is 244 Å². The number of hydrogen-bond acceptors (Lipinski definition) is 3. The van der Waals surface area contributed by atoms with E-state index in [1.165, 1.54) is 16.7 Å². The van der Waals surface area contributed by atoms with Crippen LogP contribution in [0.2, 0.25) is 0 Å². The smallest absolute Gasteiger partial charge is 0.399 e. The molecule has 4 heteroatoms. The van der Waals surface area contributed by atoms with Crippen LogP contribution in [0.5, 0.6) is 0 Å². The highest BCUT2D eigenvalue weighted by molar-refractivity contribution is 6.62. The van der Waals surface area contributed by atoms with Gasteiger partial charge in [0.05, 0.1) is 11.2 Å². The van der Waals surface area contributed by atoms with E-state index >= 15 is 0 Å². The summed E-state index contributed by atoms with van der Waals surface area (Å²) in [6.07, 6.45) is 0. The zero-order chi connectivity index (χ0) is 28.6. The summed E-state index contributed by atoms with van der Waals surface area (Å²) in [6, 6.07) is 45.2. The lowest BCUT2D eigenvalue weighted by Gasteiger charge is -2.32. The van der Waals surface area contributed by atoms with Gasteiger partial charge >= 0.3 is 7.12 Å². The summed E-state index contributed by atoms with van der Waals surface area (Å²) >= 11 is 0. The molecule has 0 N–H and O–H groups in total. The van der Waals surface area contributed by atoms with Crippen LogP contribution in [0.15, 0.2) is 127 Å². The fourth-order valence-corrected chi connectivity index (χ4v) is 5.24. The van der Waals surface area contributed by atoms with Crippen molar-refractivity contribution in [1.82, 2.24) is 0 Å². The molecule has 0 bridgehead atoms. The zero-order valence-corrected chi connectivity index (χ0v) is 24.5. The molecule has 1 saturated heterocycles. The molecule has 1 heterocycles. The molecule has 204 valence electrons. The molecule has 5 aromatic rings. The quantitative estimate of drug-likeness (QED) is 0.202. The molecule has 0 spiro atoms. The predicted octanol–water partition coefficient (Wildman–Crippen LogP) is 9.10. The number of rotatable bonds is 6. The van der Waals surface area contributed by atoms with Crippen LogP contribution in [-0.2, 0) is 9.31 Å². The first-order valence-corrected chi connectivity index (χ1v) is 14.3. The lowest BCUT2D eigenvalue weighted by molar-refractivity contribution is 0.00578. The van der Waals surface area contributed by atoms with Gasteiger partial charge in [0.25, 0.3) is 0 Å². The van der Waals surface area contributed by atoms with Gasteiger partial charge in [-0.2, -0.15) is 0 Å². The fourth-order valence-electron chi connectivity index (χ4n) is 5.24. The Morgan fingerprint density at radius 3 is 1.63 bits per heavy atom. The van der Waals surface area contributed by atoms with Gasteiger partial charge in [-0.1, -0.05) is 96.6 Å². The Morgan fingerprint density at radius 1 is 0.488 bits per heavy atom. The minimum Gasteiger partial charge on any atom is -0.399 e. The molecule has 0 unspecified atom stereocenters. The molecule has 5 aromatic carbocycles. The maximum atomic E-state index is 6.34. The molecule has 0 aliphatic carbocycles. The Bertz CT molecular complexity index is 1630. The Morgan fingerprint density at radius 2 is 1.00 bits per heavy atom. The van der Waals surface area contributed by atoms with Crippen molar-refractivity contribution >= 4 is 29.6 Å². The molecule has 3 nitrogen and oxygen atoms in total. The van der Waals surface area contributed by atoms with E-state index in [9.17, 15) is 0 Å². The summed E-state index contributed by atoms with van der Waals surface area (Å²) < 4.78 is 12.7. The van der Waals surface area contributed by atoms with Gasteiger partial charge in [0.1, 0.15) is 0 Å². The molecule has 1 aliphatic heterocycles. The van der Waals surface area contributed by atoms with E-state index in [0.29, 0.717) is 0 Å². The molecule has 6 rings (SSSR count). The van der Waals surface area contributed by atoms with Crippen molar-refractivity contribution in [3.63, 3.8) is 0 Å². The monoisotopic (exact) mass is 537 g/mol. The fraction of sp³-hybridized carbons (Fsp3) is 0.189. The van der Waals surface area contributed by atoms with E-state index in [0.717, 1.165) is 33.7 Å². The van der Waals surface area contributed by atoms with Crippen LogP contribution in [0, 0.1) is 6.92 Å². The van der Waals surface area contributed by atoms with Crippen LogP contribution in [0.3, 0.4) is 0 Å². The average Bonchev–Trinajstić information content (AvgIpc) is 3.21. The van der Waals surface area contributed by atoms with E-state index in [4.69, 9.17) is 9.31 Å². The van der Waals surface area contributed by atoms with Gasteiger partial charge in [-0.25, -0.2) is 0 Å². The standard InChI is InChI=1S/C37H36BNO2/c1-27-17-21-33(22-18-27)39(34-23-19-29(20-24-34)28-11-7-6-8-12-28)35-16-10-14-31(26-35)30-13-9-15-32(25-30)38-40-36(2,3)37(4,5)41-38/h6-26H,1-5H3. The molecule has 0 saturated carbocycles. The minimum absolute atomic E-state index is 0.377. The van der Waals surface area contributed by atoms with Crippen molar-refractivity contribution in [2.45, 2.75) is 45.8 Å². The molecular formula is C37H36BNO2. The van der Waals surface area contributed by atoms with Gasteiger partial charge in [-0.3, -0.25) is 0 Å². The molecule has 0 amide bonds. The number of anilines is 3. The second kappa shape index (κ2) is 10.7. The van der Waals surface area contributed by atoms with Crippen molar-refractivity contribution in [3.05, 3.63) is 133 Å². The molecule has 41 heavy (non-hydrogen) atoms. The number of nitrogens with zero attached hydrogens (tertiary/aromatic N) is 1. The molecular weight excluding hydrogens is 501 g/mol. The first kappa shape index (κ1) is 27.1. The van der Waals surface area contributed by atoms with Crippen LogP contribution in [0.1, 0.15) is 33.3 Å². The van der Waals surface area contributed by atoms with Gasteiger partial charge in [0.2, 0.25) is 0 Å². The van der Waals surface area contributed by atoms with Gasteiger partial charge in [-0.15, -0.1) is 0 Å². The van der Waals surface area contributed by atoms with Gasteiger partial charge in [0, 0.05) is 17.1 Å². The Hall–Kier alpha value is -4.12. The third-order valence-electron chi connectivity index (χ3n) is 8.37. The van der Waals surface area contributed by atoms with Crippen molar-refractivity contribution < 1.29 is 9.31 Å². The number of hydrogen-bond donors (Lipinski definition) is 0. The van der Waals surface area contributed by atoms with Crippen LogP contribution in [0.4, 0.5) is 17.1 Å². The second-order valence-corrected chi connectivity index (χ2v) is 11.8. The van der Waals surface area contributed by atoms with E-state index in [1.54, 1.807) is 0 Å². The van der Waals surface area contributed by atoms with Crippen molar-refractivity contribution in [2.75, 3.05) is 4.90 Å². The molecule has 0 radical (unpaired) electrons. The molecule has 1 fully saturated rings. The van der Waals surface area contributed by atoms with Gasteiger partial charge in [-0.05, 0) is 98.7 Å². The number of benzene rings is 5. The largest absolute Gasteiger partial charge is 0.494 e. The maximum Gasteiger partial charge on any atom is 0.494 e. The lowest BCUT2D eigenvalue weighted by atomic mass is 9.78. The van der Waals surface area contributed by atoms with Crippen LogP contribution in [0.25, 0.3) is 22.3 Å². The van der Waals surface area contributed by atoms with E-state index in [1.807, 2.05) is 0 Å². The summed E-state index contributed by atoms with van der Waals surface area (Å²) in [5.74, 6) is 0. The van der Waals surface area contributed by atoms with Crippen LogP contribution < -0.4 is 10.4 Å². The first-order chi connectivity index (χ1) is 19.7. The highest BCUT2D eigenvalue weighted by Gasteiger charge is 2.51. The summed E-state index contributed by atoms with van der Waals surface area (Å²) in [4.78, 5) is 2.32. The molecule has 1 aliphatic rings. The van der Waals surface area contributed by atoms with Crippen LogP contribution >= 0.6 is 0 Å². The Kier molecular flexibility index (Phi) is 7.07. The maximum absolute atomic E-state index is 6.34. The highest BCUT2D eigenvalue weighted by atomic mass is 16.7. The Balaban J connectivity index is 1.37. The van der Waals surface area contributed by atoms with E-state index in [-0.39, 0.29) is 11.2 Å². The molecule has 0 aromatic heterocycles. The zero-order valence-electron chi connectivity index (χ0n) is 24.5. The minimum atomic E-state index is -0.393. The lowest BCUT2D eigenvalue weighted by Crippen LogP contribution is -2.41.